The van der Waals surface area contributed by atoms with E-state index in [0.29, 0.717) is 19.5 Å². The second kappa shape index (κ2) is 5.94. The SMILES string of the molecule is CC(C)(C=C(C#N)C(=O)N1CC[C@H](N)C1)N1CCC(F)(F)C1. The minimum Gasteiger partial charge on any atom is -0.336 e. The van der Waals surface area contributed by atoms with Gasteiger partial charge in [-0.3, -0.25) is 9.69 Å². The van der Waals surface area contributed by atoms with Crippen LogP contribution in [0.15, 0.2) is 11.6 Å². The van der Waals surface area contributed by atoms with E-state index in [1.807, 2.05) is 6.07 Å². The van der Waals surface area contributed by atoms with Crippen molar-refractivity contribution >= 4 is 5.91 Å². The Balaban J connectivity index is 2.14. The van der Waals surface area contributed by atoms with Crippen molar-refractivity contribution in [3.05, 3.63) is 11.6 Å². The predicted molar refractivity (Wildman–Crippen MR) is 78.1 cm³/mol. The lowest BCUT2D eigenvalue weighted by atomic mass is 9.99. The number of alkyl halides is 2. The van der Waals surface area contributed by atoms with Gasteiger partial charge >= 0.3 is 0 Å². The van der Waals surface area contributed by atoms with Crippen LogP contribution in [0.3, 0.4) is 0 Å². The van der Waals surface area contributed by atoms with Crippen molar-refractivity contribution in [3.63, 3.8) is 0 Å². The van der Waals surface area contributed by atoms with Gasteiger partial charge < -0.3 is 10.6 Å². The lowest BCUT2D eigenvalue weighted by molar-refractivity contribution is -0.125. The fraction of sp³-hybridized carbons (Fsp3) is 0.733. The Morgan fingerprint density at radius 1 is 1.45 bits per heavy atom. The molecule has 7 heteroatoms. The Morgan fingerprint density at radius 3 is 2.59 bits per heavy atom. The Hall–Kier alpha value is -1.52. The molecule has 0 spiro atoms. The highest BCUT2D eigenvalue weighted by Gasteiger charge is 2.43. The van der Waals surface area contributed by atoms with Crippen molar-refractivity contribution in [3.8, 4) is 6.07 Å². The van der Waals surface area contributed by atoms with E-state index in [4.69, 9.17) is 5.73 Å². The van der Waals surface area contributed by atoms with E-state index in [1.165, 1.54) is 6.08 Å². The summed E-state index contributed by atoms with van der Waals surface area (Å²) in [4.78, 5) is 15.5. The quantitative estimate of drug-likeness (QED) is 0.626. The summed E-state index contributed by atoms with van der Waals surface area (Å²) >= 11 is 0. The number of nitrogens with zero attached hydrogens (tertiary/aromatic N) is 3. The number of hydrogen-bond acceptors (Lipinski definition) is 4. The van der Waals surface area contributed by atoms with Crippen LogP contribution in [0.25, 0.3) is 0 Å². The fourth-order valence-electron chi connectivity index (χ4n) is 2.96. The van der Waals surface area contributed by atoms with Gasteiger partial charge in [0.2, 0.25) is 0 Å². The van der Waals surface area contributed by atoms with Crippen LogP contribution in [0.1, 0.15) is 26.7 Å². The number of hydrogen-bond donors (Lipinski definition) is 1. The number of nitrogens with two attached hydrogens (primary N) is 1. The number of carbonyl (C=O) groups excluding carboxylic acids is 1. The molecule has 22 heavy (non-hydrogen) atoms. The Kier molecular flexibility index (Phi) is 4.54. The maximum atomic E-state index is 13.4. The van der Waals surface area contributed by atoms with E-state index in [9.17, 15) is 18.8 Å². The normalized spacial score (nSPS) is 26.3. The van der Waals surface area contributed by atoms with Gasteiger partial charge in [0.05, 0.1) is 6.54 Å². The van der Waals surface area contributed by atoms with Gasteiger partial charge in [0.15, 0.2) is 0 Å². The van der Waals surface area contributed by atoms with Gasteiger partial charge in [0.25, 0.3) is 11.8 Å². The fourth-order valence-corrected chi connectivity index (χ4v) is 2.96. The Labute approximate surface area is 129 Å². The van der Waals surface area contributed by atoms with Crippen LogP contribution >= 0.6 is 0 Å². The highest BCUT2D eigenvalue weighted by Crippen LogP contribution is 2.33. The molecule has 0 saturated carbocycles. The Bertz CT molecular complexity index is 524. The summed E-state index contributed by atoms with van der Waals surface area (Å²) in [6.07, 6.45) is 2.02. The van der Waals surface area contributed by atoms with Crippen molar-refractivity contribution in [2.75, 3.05) is 26.2 Å². The maximum absolute atomic E-state index is 13.4. The zero-order valence-electron chi connectivity index (χ0n) is 13.0. The summed E-state index contributed by atoms with van der Waals surface area (Å²) in [5, 5.41) is 9.27. The van der Waals surface area contributed by atoms with Crippen molar-refractivity contribution in [1.82, 2.24) is 9.80 Å². The molecule has 5 nitrogen and oxygen atoms in total. The minimum absolute atomic E-state index is 0.00526. The summed E-state index contributed by atoms with van der Waals surface area (Å²) in [6, 6.07) is 1.85. The first-order chi connectivity index (χ1) is 10.1. The topological polar surface area (TPSA) is 73.4 Å². The number of carbonyl (C=O) groups is 1. The molecule has 2 aliphatic heterocycles. The van der Waals surface area contributed by atoms with Gasteiger partial charge in [-0.05, 0) is 26.3 Å². The second-order valence-corrected chi connectivity index (χ2v) is 6.65. The number of likely N-dealkylation sites (tertiary alicyclic amines) is 2. The molecule has 0 radical (unpaired) electrons. The average molecular weight is 312 g/mol. The number of rotatable bonds is 3. The molecule has 1 atom stereocenters. The summed E-state index contributed by atoms with van der Waals surface area (Å²) in [6.45, 7) is 4.35. The minimum atomic E-state index is -2.70. The molecule has 2 N–H and O–H groups in total. The van der Waals surface area contributed by atoms with Crippen molar-refractivity contribution in [2.24, 2.45) is 5.73 Å². The monoisotopic (exact) mass is 312 g/mol. The van der Waals surface area contributed by atoms with Gasteiger partial charge in [0, 0.05) is 37.6 Å². The predicted octanol–water partition coefficient (Wildman–Crippen LogP) is 1.12. The second-order valence-electron chi connectivity index (χ2n) is 6.65. The zero-order chi connectivity index (χ0) is 16.5. The molecule has 2 fully saturated rings. The van der Waals surface area contributed by atoms with E-state index < -0.39 is 11.5 Å². The smallest absolute Gasteiger partial charge is 0.264 e. The third-order valence-corrected chi connectivity index (χ3v) is 4.35. The standard InChI is InChI=1S/C15H22F2N4O/c1-14(2,21-6-4-15(16,17)10-21)7-11(8-18)13(22)20-5-3-12(19)9-20/h7,12H,3-6,9-10,19H2,1-2H3/t12-/m0/s1. The largest absolute Gasteiger partial charge is 0.336 e. The molecule has 0 unspecified atom stereocenters. The molecule has 2 rings (SSSR count). The van der Waals surface area contributed by atoms with Crippen LogP contribution < -0.4 is 5.73 Å². The molecule has 0 aromatic rings. The van der Waals surface area contributed by atoms with Gasteiger partial charge in [-0.2, -0.15) is 5.26 Å². The molecular weight excluding hydrogens is 290 g/mol. The lowest BCUT2D eigenvalue weighted by Gasteiger charge is -2.33. The molecule has 1 amide bonds. The van der Waals surface area contributed by atoms with E-state index in [-0.39, 0.29) is 37.0 Å². The molecule has 0 aromatic heterocycles. The van der Waals surface area contributed by atoms with Crippen LogP contribution in [0.2, 0.25) is 0 Å². The van der Waals surface area contributed by atoms with Crippen LogP contribution in [0.5, 0.6) is 0 Å². The van der Waals surface area contributed by atoms with Crippen molar-refractivity contribution < 1.29 is 13.6 Å². The number of amides is 1. The molecular formula is C15H22F2N4O. The Morgan fingerprint density at radius 2 is 2.14 bits per heavy atom. The van der Waals surface area contributed by atoms with E-state index in [2.05, 4.69) is 0 Å². The van der Waals surface area contributed by atoms with E-state index in [1.54, 1.807) is 23.6 Å². The summed E-state index contributed by atoms with van der Waals surface area (Å²) in [7, 11) is 0. The van der Waals surface area contributed by atoms with Crippen LogP contribution in [-0.2, 0) is 4.79 Å². The van der Waals surface area contributed by atoms with Crippen LogP contribution in [0, 0.1) is 11.3 Å². The zero-order valence-corrected chi connectivity index (χ0v) is 13.0. The highest BCUT2D eigenvalue weighted by atomic mass is 19.3. The molecule has 0 aromatic carbocycles. The molecule has 2 aliphatic rings. The van der Waals surface area contributed by atoms with Gasteiger partial charge in [0.1, 0.15) is 11.6 Å². The highest BCUT2D eigenvalue weighted by molar-refractivity contribution is 5.97. The van der Waals surface area contributed by atoms with Crippen molar-refractivity contribution in [1.29, 1.82) is 5.26 Å². The summed E-state index contributed by atoms with van der Waals surface area (Å²) < 4.78 is 26.8. The van der Waals surface area contributed by atoms with E-state index >= 15 is 0 Å². The number of halogens is 2. The third-order valence-electron chi connectivity index (χ3n) is 4.35. The first kappa shape index (κ1) is 16.8. The van der Waals surface area contributed by atoms with Gasteiger partial charge in [-0.15, -0.1) is 0 Å². The average Bonchev–Trinajstić information content (AvgIpc) is 3.01. The lowest BCUT2D eigenvalue weighted by Crippen LogP contribution is -2.43. The molecule has 0 aliphatic carbocycles. The van der Waals surface area contributed by atoms with Crippen LogP contribution in [-0.4, -0.2) is 59.4 Å². The first-order valence-corrected chi connectivity index (χ1v) is 7.45. The molecule has 2 heterocycles. The molecule has 122 valence electrons. The molecule has 0 bridgehead atoms. The summed E-state index contributed by atoms with van der Waals surface area (Å²) in [5.41, 5.74) is 4.99. The summed E-state index contributed by atoms with van der Waals surface area (Å²) in [5.74, 6) is -3.07. The first-order valence-electron chi connectivity index (χ1n) is 7.45. The maximum Gasteiger partial charge on any atom is 0.264 e. The third kappa shape index (κ3) is 3.62. The van der Waals surface area contributed by atoms with Gasteiger partial charge in [-0.1, -0.05) is 0 Å². The van der Waals surface area contributed by atoms with E-state index in [0.717, 1.165) is 0 Å². The number of nitriles is 1. The van der Waals surface area contributed by atoms with Gasteiger partial charge in [-0.25, -0.2) is 8.78 Å². The molecule has 2 saturated heterocycles. The van der Waals surface area contributed by atoms with Crippen molar-refractivity contribution in [2.45, 2.75) is 44.2 Å². The van der Waals surface area contributed by atoms with Crippen LogP contribution in [0.4, 0.5) is 8.78 Å².